The minimum absolute atomic E-state index is 0.0965. The molecule has 2 heterocycles. The molecule has 0 saturated heterocycles. The van der Waals surface area contributed by atoms with Gasteiger partial charge < -0.3 is 14.6 Å². The maximum absolute atomic E-state index is 13.1. The zero-order chi connectivity index (χ0) is 20.3. The van der Waals surface area contributed by atoms with Gasteiger partial charge in [0, 0.05) is 22.0 Å². The predicted octanol–water partition coefficient (Wildman–Crippen LogP) is 4.50. The molecule has 2 aromatic heterocycles. The molecule has 1 aromatic carbocycles. The quantitative estimate of drug-likeness (QED) is 0.624. The average Bonchev–Trinajstić information content (AvgIpc) is 3.30. The smallest absolute Gasteiger partial charge is 0.307 e. The van der Waals surface area contributed by atoms with Gasteiger partial charge in [0.05, 0.1) is 25.1 Å². The number of hydrogen-bond acceptors (Lipinski definition) is 4. The van der Waals surface area contributed by atoms with E-state index in [1.165, 1.54) is 18.4 Å². The summed E-state index contributed by atoms with van der Waals surface area (Å²) in [6, 6.07) is 13.4. The van der Waals surface area contributed by atoms with Crippen LogP contribution in [-0.2, 0) is 9.53 Å². The maximum atomic E-state index is 13.1. The van der Waals surface area contributed by atoms with Crippen molar-refractivity contribution >= 4 is 23.2 Å². The normalized spacial score (nSPS) is 11.9. The topological polar surface area (TPSA) is 60.3 Å². The molecule has 0 saturated carbocycles. The Morgan fingerprint density at radius 2 is 1.89 bits per heavy atom. The third kappa shape index (κ3) is 4.02. The van der Waals surface area contributed by atoms with Crippen LogP contribution in [-0.4, -0.2) is 23.6 Å². The van der Waals surface area contributed by atoms with E-state index in [0.29, 0.717) is 5.56 Å². The van der Waals surface area contributed by atoms with Crippen molar-refractivity contribution in [3.05, 3.63) is 75.2 Å². The molecular formula is C22H24N2O3S. The van der Waals surface area contributed by atoms with Gasteiger partial charge in [0.15, 0.2) is 0 Å². The number of benzene rings is 1. The van der Waals surface area contributed by atoms with Crippen LogP contribution < -0.4 is 5.32 Å². The van der Waals surface area contributed by atoms with Crippen LogP contribution in [0.2, 0.25) is 0 Å². The molecule has 1 atom stereocenters. The lowest BCUT2D eigenvalue weighted by molar-refractivity contribution is -0.141. The number of amides is 1. The molecule has 0 aliphatic heterocycles. The second-order valence-corrected chi connectivity index (χ2v) is 7.71. The Kier molecular flexibility index (Phi) is 5.99. The highest BCUT2D eigenvalue weighted by atomic mass is 32.1. The minimum Gasteiger partial charge on any atom is -0.469 e. The molecule has 0 spiro atoms. The summed E-state index contributed by atoms with van der Waals surface area (Å²) in [7, 11) is 1.35. The SMILES string of the molecule is COC(=O)CC(NC(=O)c1cc(C)n(-c2ccccc2C)c1C)c1cccs1. The Hall–Kier alpha value is -2.86. The molecule has 146 valence electrons. The van der Waals surface area contributed by atoms with E-state index in [1.54, 1.807) is 0 Å². The number of aromatic nitrogens is 1. The minimum atomic E-state index is -0.415. The maximum Gasteiger partial charge on any atom is 0.307 e. The molecule has 0 aliphatic rings. The van der Waals surface area contributed by atoms with E-state index < -0.39 is 6.04 Å². The largest absolute Gasteiger partial charge is 0.469 e. The van der Waals surface area contributed by atoms with E-state index in [1.807, 2.05) is 55.6 Å². The zero-order valence-corrected chi connectivity index (χ0v) is 17.3. The van der Waals surface area contributed by atoms with Crippen LogP contribution in [0.1, 0.15) is 44.6 Å². The number of nitrogens with one attached hydrogen (secondary N) is 1. The summed E-state index contributed by atoms with van der Waals surface area (Å²) in [5, 5.41) is 4.93. The first kappa shape index (κ1) is 19.9. The fourth-order valence-corrected chi connectivity index (χ4v) is 4.15. The van der Waals surface area contributed by atoms with Gasteiger partial charge in [-0.15, -0.1) is 11.3 Å². The van der Waals surface area contributed by atoms with Gasteiger partial charge in [-0.25, -0.2) is 0 Å². The molecule has 0 aliphatic carbocycles. The van der Waals surface area contributed by atoms with Gasteiger partial charge in [-0.2, -0.15) is 0 Å². The van der Waals surface area contributed by atoms with Gasteiger partial charge in [-0.05, 0) is 49.9 Å². The Labute approximate surface area is 169 Å². The lowest BCUT2D eigenvalue weighted by Crippen LogP contribution is -2.30. The van der Waals surface area contributed by atoms with E-state index in [0.717, 1.165) is 27.5 Å². The molecule has 1 amide bonds. The van der Waals surface area contributed by atoms with Crippen molar-refractivity contribution in [2.24, 2.45) is 0 Å². The van der Waals surface area contributed by atoms with Gasteiger partial charge in [0.2, 0.25) is 0 Å². The number of aryl methyl sites for hydroxylation is 2. The van der Waals surface area contributed by atoms with Crippen molar-refractivity contribution < 1.29 is 14.3 Å². The molecule has 0 bridgehead atoms. The molecule has 3 rings (SSSR count). The Morgan fingerprint density at radius 3 is 2.54 bits per heavy atom. The summed E-state index contributed by atoms with van der Waals surface area (Å²) in [4.78, 5) is 25.8. The molecule has 0 radical (unpaired) electrons. The number of thiophene rings is 1. The second-order valence-electron chi connectivity index (χ2n) is 6.73. The molecule has 3 aromatic rings. The first-order valence-electron chi connectivity index (χ1n) is 9.08. The molecule has 5 nitrogen and oxygen atoms in total. The van der Waals surface area contributed by atoms with Crippen molar-refractivity contribution in [1.82, 2.24) is 9.88 Å². The fourth-order valence-electron chi connectivity index (χ4n) is 3.38. The Balaban J connectivity index is 1.91. The van der Waals surface area contributed by atoms with Crippen LogP contribution in [0.3, 0.4) is 0 Å². The highest BCUT2D eigenvalue weighted by Gasteiger charge is 2.23. The lowest BCUT2D eigenvalue weighted by Gasteiger charge is -2.17. The number of methoxy groups -OCH3 is 1. The first-order chi connectivity index (χ1) is 13.4. The number of ether oxygens (including phenoxy) is 1. The second kappa shape index (κ2) is 8.44. The van der Waals surface area contributed by atoms with Crippen molar-refractivity contribution in [2.75, 3.05) is 7.11 Å². The van der Waals surface area contributed by atoms with Gasteiger partial charge in [0.1, 0.15) is 0 Å². The third-order valence-corrected chi connectivity index (χ3v) is 5.81. The Morgan fingerprint density at radius 1 is 1.14 bits per heavy atom. The van der Waals surface area contributed by atoms with Crippen LogP contribution in [0, 0.1) is 20.8 Å². The van der Waals surface area contributed by atoms with Crippen molar-refractivity contribution in [3.8, 4) is 5.69 Å². The summed E-state index contributed by atoms with van der Waals surface area (Å²) in [6.45, 7) is 5.98. The van der Waals surface area contributed by atoms with E-state index in [9.17, 15) is 9.59 Å². The summed E-state index contributed by atoms with van der Waals surface area (Å²) in [6.07, 6.45) is 0.0965. The van der Waals surface area contributed by atoms with E-state index in [-0.39, 0.29) is 18.3 Å². The number of carbonyl (C=O) groups is 2. The summed E-state index contributed by atoms with van der Waals surface area (Å²) >= 11 is 1.50. The first-order valence-corrected chi connectivity index (χ1v) is 9.96. The number of para-hydroxylation sites is 1. The number of carbonyl (C=O) groups excluding carboxylic acids is 2. The fraction of sp³-hybridized carbons (Fsp3) is 0.273. The molecule has 1 N–H and O–H groups in total. The van der Waals surface area contributed by atoms with E-state index in [4.69, 9.17) is 4.74 Å². The number of esters is 1. The molecule has 0 fully saturated rings. The van der Waals surface area contributed by atoms with Crippen molar-refractivity contribution in [2.45, 2.75) is 33.2 Å². The van der Waals surface area contributed by atoms with Crippen molar-refractivity contribution in [1.29, 1.82) is 0 Å². The van der Waals surface area contributed by atoms with Crippen LogP contribution in [0.25, 0.3) is 5.69 Å². The van der Waals surface area contributed by atoms with Crippen LogP contribution in [0.15, 0.2) is 47.8 Å². The lowest BCUT2D eigenvalue weighted by atomic mass is 10.1. The number of nitrogens with zero attached hydrogens (tertiary/aromatic N) is 1. The molecular weight excluding hydrogens is 372 g/mol. The van der Waals surface area contributed by atoms with Crippen LogP contribution in [0.4, 0.5) is 0 Å². The van der Waals surface area contributed by atoms with Gasteiger partial charge in [-0.3, -0.25) is 9.59 Å². The van der Waals surface area contributed by atoms with Crippen LogP contribution in [0.5, 0.6) is 0 Å². The van der Waals surface area contributed by atoms with E-state index >= 15 is 0 Å². The molecule has 1 unspecified atom stereocenters. The van der Waals surface area contributed by atoms with Gasteiger partial charge in [-0.1, -0.05) is 24.3 Å². The number of rotatable bonds is 6. The average molecular weight is 397 g/mol. The predicted molar refractivity (Wildman–Crippen MR) is 111 cm³/mol. The Bertz CT molecular complexity index is 989. The van der Waals surface area contributed by atoms with Gasteiger partial charge >= 0.3 is 5.97 Å². The summed E-state index contributed by atoms with van der Waals surface area (Å²) < 4.78 is 6.88. The third-order valence-electron chi connectivity index (χ3n) is 4.82. The zero-order valence-electron chi connectivity index (χ0n) is 16.5. The summed E-state index contributed by atoms with van der Waals surface area (Å²) in [5.74, 6) is -0.556. The molecule has 6 heteroatoms. The number of hydrogen-bond donors (Lipinski definition) is 1. The standard InChI is InChI=1S/C22H24N2O3S/c1-14-8-5-6-9-19(14)24-15(2)12-17(16(24)3)22(26)23-18(13-21(25)27-4)20-10-7-11-28-20/h5-12,18H,13H2,1-4H3,(H,23,26). The summed E-state index contributed by atoms with van der Waals surface area (Å²) in [5.41, 5.74) is 4.65. The molecule has 28 heavy (non-hydrogen) atoms. The highest BCUT2D eigenvalue weighted by Crippen LogP contribution is 2.26. The van der Waals surface area contributed by atoms with E-state index in [2.05, 4.69) is 22.9 Å². The van der Waals surface area contributed by atoms with Gasteiger partial charge in [0.25, 0.3) is 5.91 Å². The van der Waals surface area contributed by atoms with Crippen LogP contribution >= 0.6 is 11.3 Å². The monoisotopic (exact) mass is 396 g/mol. The van der Waals surface area contributed by atoms with Crippen molar-refractivity contribution in [3.63, 3.8) is 0 Å². The highest BCUT2D eigenvalue weighted by molar-refractivity contribution is 7.10.